The van der Waals surface area contributed by atoms with Crippen molar-refractivity contribution in [2.45, 2.75) is 18.5 Å². The van der Waals surface area contributed by atoms with E-state index in [1.807, 2.05) is 12.1 Å². The standard InChI is InChI=1S/C20H18N4O3S/c1-14-13-19-21-22-20(23(19)18-6-3-2-5-17(14)18)28-12-4-11-27-16-9-7-15(8-10-16)24(25)26/h2-3,5-10,13H,4,11-12H2,1H3. The minimum Gasteiger partial charge on any atom is -0.494 e. The Bertz CT molecular complexity index is 1140. The number of nitrogens with zero attached hydrogens (tertiary/aromatic N) is 4. The van der Waals surface area contributed by atoms with Crippen LogP contribution in [0.15, 0.2) is 59.8 Å². The van der Waals surface area contributed by atoms with Gasteiger partial charge >= 0.3 is 0 Å². The number of fused-ring (bicyclic) bond motifs is 3. The molecule has 2 aromatic carbocycles. The van der Waals surface area contributed by atoms with Gasteiger partial charge in [0.15, 0.2) is 10.8 Å². The Morgan fingerprint density at radius 2 is 1.93 bits per heavy atom. The second-order valence-electron chi connectivity index (χ2n) is 6.32. The van der Waals surface area contributed by atoms with Crippen LogP contribution in [-0.4, -0.2) is 31.9 Å². The molecule has 0 saturated heterocycles. The number of nitro groups is 1. The van der Waals surface area contributed by atoms with Crippen molar-refractivity contribution in [1.82, 2.24) is 14.6 Å². The maximum Gasteiger partial charge on any atom is 0.269 e. The summed E-state index contributed by atoms with van der Waals surface area (Å²) in [5.41, 5.74) is 3.19. The van der Waals surface area contributed by atoms with Crippen LogP contribution in [0, 0.1) is 17.0 Å². The molecule has 0 aliphatic carbocycles. The number of hydrogen-bond donors (Lipinski definition) is 0. The Labute approximate surface area is 165 Å². The van der Waals surface area contributed by atoms with Gasteiger partial charge in [0.25, 0.3) is 5.69 Å². The molecule has 0 unspecified atom stereocenters. The third-order valence-electron chi connectivity index (χ3n) is 4.41. The SMILES string of the molecule is Cc1cc2nnc(SCCCOc3ccc([N+](=O)[O-])cc3)n2c2ccccc12. The molecule has 2 aromatic heterocycles. The molecule has 0 aliphatic rings. The molecule has 4 rings (SSSR count). The first kappa shape index (κ1) is 18.2. The van der Waals surface area contributed by atoms with Gasteiger partial charge in [0.1, 0.15) is 5.75 Å². The first-order valence-electron chi connectivity index (χ1n) is 8.87. The van der Waals surface area contributed by atoms with Gasteiger partial charge in [0.2, 0.25) is 0 Å². The number of rotatable bonds is 7. The second-order valence-corrected chi connectivity index (χ2v) is 7.38. The molecular weight excluding hydrogens is 376 g/mol. The van der Waals surface area contributed by atoms with Crippen molar-refractivity contribution in [3.05, 3.63) is 70.3 Å². The fourth-order valence-electron chi connectivity index (χ4n) is 3.04. The van der Waals surface area contributed by atoms with Gasteiger partial charge in [-0.3, -0.25) is 14.5 Å². The lowest BCUT2D eigenvalue weighted by molar-refractivity contribution is -0.384. The quantitative estimate of drug-likeness (QED) is 0.196. The lowest BCUT2D eigenvalue weighted by Gasteiger charge is -2.08. The summed E-state index contributed by atoms with van der Waals surface area (Å²) in [6, 6.07) is 16.4. The topological polar surface area (TPSA) is 82.6 Å². The Kier molecular flexibility index (Phi) is 5.12. The van der Waals surface area contributed by atoms with E-state index >= 15 is 0 Å². The van der Waals surface area contributed by atoms with Crippen LogP contribution in [0.4, 0.5) is 5.69 Å². The highest BCUT2D eigenvalue weighted by atomic mass is 32.2. The van der Waals surface area contributed by atoms with Crippen molar-refractivity contribution in [3.63, 3.8) is 0 Å². The van der Waals surface area contributed by atoms with Crippen molar-refractivity contribution >= 4 is 34.0 Å². The fourth-order valence-corrected chi connectivity index (χ4v) is 3.91. The zero-order valence-electron chi connectivity index (χ0n) is 15.2. The number of aromatic nitrogens is 3. The highest BCUT2D eigenvalue weighted by Gasteiger charge is 2.11. The number of non-ortho nitro benzene ring substituents is 1. The third kappa shape index (κ3) is 3.63. The summed E-state index contributed by atoms with van der Waals surface area (Å²) in [5.74, 6) is 1.46. The van der Waals surface area contributed by atoms with Crippen molar-refractivity contribution < 1.29 is 9.66 Å². The second kappa shape index (κ2) is 7.85. The molecule has 0 fully saturated rings. The number of hydrogen-bond acceptors (Lipinski definition) is 6. The molecule has 2 heterocycles. The number of pyridine rings is 1. The molecule has 0 atom stereocenters. The van der Waals surface area contributed by atoms with Crippen LogP contribution in [0.2, 0.25) is 0 Å². The van der Waals surface area contributed by atoms with Gasteiger partial charge in [-0.15, -0.1) is 10.2 Å². The summed E-state index contributed by atoms with van der Waals surface area (Å²) >= 11 is 1.64. The molecular formula is C20H18N4O3S. The normalized spacial score (nSPS) is 11.2. The van der Waals surface area contributed by atoms with Crippen molar-refractivity contribution in [2.24, 2.45) is 0 Å². The van der Waals surface area contributed by atoms with Gasteiger partial charge < -0.3 is 4.74 Å². The molecule has 7 nitrogen and oxygen atoms in total. The van der Waals surface area contributed by atoms with Crippen LogP contribution in [0.3, 0.4) is 0 Å². The van der Waals surface area contributed by atoms with Gasteiger partial charge in [0, 0.05) is 23.3 Å². The number of benzene rings is 2. The highest BCUT2D eigenvalue weighted by molar-refractivity contribution is 7.99. The average Bonchev–Trinajstić information content (AvgIpc) is 3.11. The molecule has 0 amide bonds. The van der Waals surface area contributed by atoms with Gasteiger partial charge in [-0.1, -0.05) is 30.0 Å². The van der Waals surface area contributed by atoms with Gasteiger partial charge in [-0.25, -0.2) is 0 Å². The van der Waals surface area contributed by atoms with Crippen molar-refractivity contribution in [2.75, 3.05) is 12.4 Å². The molecule has 0 aliphatic heterocycles. The third-order valence-corrected chi connectivity index (χ3v) is 5.43. The van der Waals surface area contributed by atoms with E-state index in [1.165, 1.54) is 23.1 Å². The van der Waals surface area contributed by atoms with Crippen molar-refractivity contribution in [1.29, 1.82) is 0 Å². The summed E-state index contributed by atoms with van der Waals surface area (Å²) in [6.45, 7) is 2.61. The lowest BCUT2D eigenvalue weighted by atomic mass is 10.1. The summed E-state index contributed by atoms with van der Waals surface area (Å²) < 4.78 is 7.74. The van der Waals surface area contributed by atoms with Crippen LogP contribution in [0.25, 0.3) is 16.6 Å². The van der Waals surface area contributed by atoms with E-state index in [9.17, 15) is 10.1 Å². The molecule has 0 saturated carbocycles. The molecule has 0 bridgehead atoms. The number of ether oxygens (including phenoxy) is 1. The minimum atomic E-state index is -0.422. The zero-order valence-corrected chi connectivity index (χ0v) is 16.1. The monoisotopic (exact) mass is 394 g/mol. The van der Waals surface area contributed by atoms with E-state index in [-0.39, 0.29) is 5.69 Å². The predicted molar refractivity (Wildman–Crippen MR) is 109 cm³/mol. The van der Waals surface area contributed by atoms with E-state index in [4.69, 9.17) is 4.74 Å². The molecule has 4 aromatic rings. The molecule has 0 N–H and O–H groups in total. The number of para-hydroxylation sites is 1. The van der Waals surface area contributed by atoms with Crippen molar-refractivity contribution in [3.8, 4) is 5.75 Å². The van der Waals surface area contributed by atoms with Gasteiger partial charge in [-0.05, 0) is 43.2 Å². The minimum absolute atomic E-state index is 0.0593. The largest absolute Gasteiger partial charge is 0.494 e. The van der Waals surface area contributed by atoms with E-state index in [1.54, 1.807) is 23.9 Å². The molecule has 8 heteroatoms. The maximum absolute atomic E-state index is 10.7. The smallest absolute Gasteiger partial charge is 0.269 e. The van der Waals surface area contributed by atoms with Crippen LogP contribution in [-0.2, 0) is 0 Å². The summed E-state index contributed by atoms with van der Waals surface area (Å²) in [4.78, 5) is 10.2. The molecule has 0 spiro atoms. The number of aryl methyl sites for hydroxylation is 1. The number of thioether (sulfide) groups is 1. The average molecular weight is 394 g/mol. The van der Waals surface area contributed by atoms with E-state index < -0.39 is 4.92 Å². The Morgan fingerprint density at radius 1 is 1.14 bits per heavy atom. The van der Waals surface area contributed by atoms with E-state index in [0.717, 1.165) is 28.5 Å². The zero-order chi connectivity index (χ0) is 19.5. The van der Waals surface area contributed by atoms with Crippen LogP contribution in [0.1, 0.15) is 12.0 Å². The Hall–Kier alpha value is -3.13. The highest BCUT2D eigenvalue weighted by Crippen LogP contribution is 2.26. The van der Waals surface area contributed by atoms with Crippen LogP contribution in [0.5, 0.6) is 5.75 Å². The van der Waals surface area contributed by atoms with Crippen LogP contribution < -0.4 is 4.74 Å². The lowest BCUT2D eigenvalue weighted by Crippen LogP contribution is -2.00. The predicted octanol–water partition coefficient (Wildman–Crippen LogP) is 4.66. The fraction of sp³-hybridized carbons (Fsp3) is 0.200. The first-order valence-corrected chi connectivity index (χ1v) is 9.85. The molecule has 28 heavy (non-hydrogen) atoms. The van der Waals surface area contributed by atoms with Crippen LogP contribution >= 0.6 is 11.8 Å². The van der Waals surface area contributed by atoms with E-state index in [2.05, 4.69) is 39.7 Å². The summed E-state index contributed by atoms with van der Waals surface area (Å²) in [7, 11) is 0. The summed E-state index contributed by atoms with van der Waals surface area (Å²) in [5, 5.41) is 21.4. The summed E-state index contributed by atoms with van der Waals surface area (Å²) in [6.07, 6.45) is 0.820. The molecule has 0 radical (unpaired) electrons. The Balaban J connectivity index is 1.38. The molecule has 142 valence electrons. The van der Waals surface area contributed by atoms with Gasteiger partial charge in [-0.2, -0.15) is 0 Å². The first-order chi connectivity index (χ1) is 13.6. The van der Waals surface area contributed by atoms with Gasteiger partial charge in [0.05, 0.1) is 17.0 Å². The van der Waals surface area contributed by atoms with E-state index in [0.29, 0.717) is 12.4 Å². The Morgan fingerprint density at radius 3 is 2.71 bits per heavy atom. The number of nitro benzene ring substituents is 1. The maximum atomic E-state index is 10.7.